The molecule has 1 aromatic rings. The van der Waals surface area contributed by atoms with E-state index in [1.165, 1.54) is 5.56 Å². The number of hydrogen-bond acceptors (Lipinski definition) is 3. The summed E-state index contributed by atoms with van der Waals surface area (Å²) in [5.41, 5.74) is 8.17. The normalized spacial score (nSPS) is 11.4. The second kappa shape index (κ2) is 6.10. The molecule has 0 amide bonds. The van der Waals surface area contributed by atoms with Crippen LogP contribution in [0.4, 0.5) is 5.69 Å². The molecule has 0 aliphatic heterocycles. The summed E-state index contributed by atoms with van der Waals surface area (Å²) < 4.78 is 5.44. The van der Waals surface area contributed by atoms with Gasteiger partial charge in [-0.3, -0.25) is 0 Å². The lowest BCUT2D eigenvalue weighted by Crippen LogP contribution is -2.22. The minimum atomic E-state index is 0.149. The first-order valence-corrected chi connectivity index (χ1v) is 6.50. The Morgan fingerprint density at radius 1 is 1.28 bits per heavy atom. The first kappa shape index (κ1) is 14.8. The second-order valence-electron chi connectivity index (χ2n) is 5.70. The maximum Gasteiger partial charge on any atom is 0.142 e. The van der Waals surface area contributed by atoms with Gasteiger partial charge in [-0.25, -0.2) is 0 Å². The highest BCUT2D eigenvalue weighted by Gasteiger charge is 2.17. The van der Waals surface area contributed by atoms with Gasteiger partial charge in [-0.2, -0.15) is 0 Å². The number of nitrogens with two attached hydrogens (primary N) is 1. The Balaban J connectivity index is 3.06. The molecule has 0 saturated heterocycles. The summed E-state index contributed by atoms with van der Waals surface area (Å²) in [6.45, 7) is 8.32. The Morgan fingerprint density at radius 2 is 1.94 bits per heavy atom. The fourth-order valence-corrected chi connectivity index (χ4v) is 1.90. The molecule has 0 spiro atoms. The lowest BCUT2D eigenvalue weighted by atomic mass is 9.86. The number of ether oxygens (including phenoxy) is 1. The largest absolute Gasteiger partial charge is 0.495 e. The number of methoxy groups -OCH3 is 1. The third-order valence-electron chi connectivity index (χ3n) is 3.15. The van der Waals surface area contributed by atoms with Crippen molar-refractivity contribution in [2.24, 2.45) is 5.73 Å². The van der Waals surface area contributed by atoms with Crippen molar-refractivity contribution in [2.75, 3.05) is 32.1 Å². The van der Waals surface area contributed by atoms with Gasteiger partial charge in [-0.15, -0.1) is 0 Å². The van der Waals surface area contributed by atoms with Crippen LogP contribution in [-0.4, -0.2) is 27.2 Å². The van der Waals surface area contributed by atoms with Crippen LogP contribution in [-0.2, 0) is 5.41 Å². The summed E-state index contributed by atoms with van der Waals surface area (Å²) in [4.78, 5) is 2.21. The van der Waals surface area contributed by atoms with Crippen molar-refractivity contribution >= 4 is 5.69 Å². The smallest absolute Gasteiger partial charge is 0.142 e. The SMILES string of the molecule is COc1ccc(C(C)(C)C)cc1N(C)CCCN. The summed E-state index contributed by atoms with van der Waals surface area (Å²) in [6, 6.07) is 6.41. The Hall–Kier alpha value is -1.22. The molecule has 0 heterocycles. The minimum Gasteiger partial charge on any atom is -0.495 e. The molecular weight excluding hydrogens is 224 g/mol. The van der Waals surface area contributed by atoms with Gasteiger partial charge in [0.1, 0.15) is 5.75 Å². The van der Waals surface area contributed by atoms with E-state index in [0.29, 0.717) is 6.54 Å². The van der Waals surface area contributed by atoms with Crippen LogP contribution in [0.3, 0.4) is 0 Å². The molecule has 3 heteroatoms. The number of anilines is 1. The van der Waals surface area contributed by atoms with Crippen molar-refractivity contribution in [1.29, 1.82) is 0 Å². The van der Waals surface area contributed by atoms with Crippen molar-refractivity contribution in [3.8, 4) is 5.75 Å². The van der Waals surface area contributed by atoms with Gasteiger partial charge in [0.05, 0.1) is 12.8 Å². The molecule has 0 saturated carbocycles. The van der Waals surface area contributed by atoms with Crippen molar-refractivity contribution in [1.82, 2.24) is 0 Å². The van der Waals surface area contributed by atoms with E-state index in [1.54, 1.807) is 7.11 Å². The van der Waals surface area contributed by atoms with Crippen LogP contribution < -0.4 is 15.4 Å². The van der Waals surface area contributed by atoms with Crippen LogP contribution in [0.1, 0.15) is 32.8 Å². The van der Waals surface area contributed by atoms with E-state index in [0.717, 1.165) is 24.4 Å². The third-order valence-corrected chi connectivity index (χ3v) is 3.15. The standard InChI is InChI=1S/C15H26N2O/c1-15(2,3)12-7-8-14(18-5)13(11-12)17(4)10-6-9-16/h7-8,11H,6,9-10,16H2,1-5H3. The number of benzene rings is 1. The summed E-state index contributed by atoms with van der Waals surface area (Å²) in [6.07, 6.45) is 0.986. The van der Waals surface area contributed by atoms with E-state index in [4.69, 9.17) is 10.5 Å². The number of rotatable bonds is 5. The minimum absolute atomic E-state index is 0.149. The molecule has 1 aromatic carbocycles. The summed E-state index contributed by atoms with van der Waals surface area (Å²) >= 11 is 0. The third kappa shape index (κ3) is 3.64. The lowest BCUT2D eigenvalue weighted by molar-refractivity contribution is 0.414. The topological polar surface area (TPSA) is 38.5 Å². The highest BCUT2D eigenvalue weighted by atomic mass is 16.5. The first-order chi connectivity index (χ1) is 8.40. The van der Waals surface area contributed by atoms with Crippen molar-refractivity contribution in [2.45, 2.75) is 32.6 Å². The Morgan fingerprint density at radius 3 is 2.44 bits per heavy atom. The van der Waals surface area contributed by atoms with Crippen LogP contribution in [0.2, 0.25) is 0 Å². The van der Waals surface area contributed by atoms with Gasteiger partial charge in [0.15, 0.2) is 0 Å². The van der Waals surface area contributed by atoms with Crippen LogP contribution in [0.5, 0.6) is 5.75 Å². The molecule has 1 rings (SSSR count). The van der Waals surface area contributed by atoms with E-state index >= 15 is 0 Å². The highest BCUT2D eigenvalue weighted by Crippen LogP contribution is 2.33. The molecule has 0 unspecified atom stereocenters. The molecule has 3 nitrogen and oxygen atoms in total. The molecular formula is C15H26N2O. The highest BCUT2D eigenvalue weighted by molar-refractivity contribution is 5.60. The van der Waals surface area contributed by atoms with E-state index in [-0.39, 0.29) is 5.41 Å². The fraction of sp³-hybridized carbons (Fsp3) is 0.600. The van der Waals surface area contributed by atoms with Gasteiger partial charge in [-0.1, -0.05) is 26.8 Å². The Bertz CT molecular complexity index is 383. The zero-order valence-corrected chi connectivity index (χ0v) is 12.3. The van der Waals surface area contributed by atoms with Gasteiger partial charge in [0.25, 0.3) is 0 Å². The molecule has 0 aromatic heterocycles. The molecule has 2 N–H and O–H groups in total. The maximum absolute atomic E-state index is 5.57. The molecule has 0 radical (unpaired) electrons. The molecule has 0 aliphatic rings. The van der Waals surface area contributed by atoms with E-state index in [2.05, 4.69) is 50.9 Å². The Labute approximate surface area is 111 Å². The second-order valence-corrected chi connectivity index (χ2v) is 5.70. The molecule has 102 valence electrons. The monoisotopic (exact) mass is 250 g/mol. The molecule has 0 atom stereocenters. The molecule has 18 heavy (non-hydrogen) atoms. The van der Waals surface area contributed by atoms with Gasteiger partial charge >= 0.3 is 0 Å². The quantitative estimate of drug-likeness (QED) is 0.873. The zero-order valence-electron chi connectivity index (χ0n) is 12.3. The van der Waals surface area contributed by atoms with Gasteiger partial charge < -0.3 is 15.4 Å². The van der Waals surface area contributed by atoms with Gasteiger partial charge in [0, 0.05) is 13.6 Å². The average molecular weight is 250 g/mol. The molecule has 0 aliphatic carbocycles. The summed E-state index contributed by atoms with van der Waals surface area (Å²) in [5.74, 6) is 0.919. The van der Waals surface area contributed by atoms with Crippen molar-refractivity contribution < 1.29 is 4.74 Å². The Kier molecular flexibility index (Phi) is 5.03. The van der Waals surface area contributed by atoms with Crippen LogP contribution in [0.15, 0.2) is 18.2 Å². The van der Waals surface area contributed by atoms with Crippen molar-refractivity contribution in [3.05, 3.63) is 23.8 Å². The van der Waals surface area contributed by atoms with Gasteiger partial charge in [-0.05, 0) is 36.1 Å². The predicted octanol–water partition coefficient (Wildman–Crippen LogP) is 2.78. The summed E-state index contributed by atoms with van der Waals surface area (Å²) in [5, 5.41) is 0. The molecule has 0 fully saturated rings. The van der Waals surface area contributed by atoms with Crippen molar-refractivity contribution in [3.63, 3.8) is 0 Å². The first-order valence-electron chi connectivity index (χ1n) is 6.50. The maximum atomic E-state index is 5.57. The number of hydrogen-bond donors (Lipinski definition) is 1. The van der Waals surface area contributed by atoms with Crippen LogP contribution in [0.25, 0.3) is 0 Å². The van der Waals surface area contributed by atoms with Crippen LogP contribution >= 0.6 is 0 Å². The fourth-order valence-electron chi connectivity index (χ4n) is 1.90. The number of nitrogens with zero attached hydrogens (tertiary/aromatic N) is 1. The molecule has 0 bridgehead atoms. The predicted molar refractivity (Wildman–Crippen MR) is 78.6 cm³/mol. The zero-order chi connectivity index (χ0) is 13.8. The lowest BCUT2D eigenvalue weighted by Gasteiger charge is -2.26. The summed E-state index contributed by atoms with van der Waals surface area (Å²) in [7, 11) is 3.80. The average Bonchev–Trinajstić information content (AvgIpc) is 2.34. The van der Waals surface area contributed by atoms with Gasteiger partial charge in [0.2, 0.25) is 0 Å². The van der Waals surface area contributed by atoms with Crippen LogP contribution in [0, 0.1) is 0 Å². The van der Waals surface area contributed by atoms with E-state index in [1.807, 2.05) is 0 Å². The van der Waals surface area contributed by atoms with E-state index < -0.39 is 0 Å². The van der Waals surface area contributed by atoms with E-state index in [9.17, 15) is 0 Å².